The molecule has 0 atom stereocenters. The van der Waals surface area contributed by atoms with Gasteiger partial charge in [-0.3, -0.25) is 10.1 Å². The van der Waals surface area contributed by atoms with E-state index in [0.717, 1.165) is 10.7 Å². The first-order valence-corrected chi connectivity index (χ1v) is 7.32. The fourth-order valence-corrected chi connectivity index (χ4v) is 2.53. The van der Waals surface area contributed by atoms with Crippen molar-refractivity contribution < 1.29 is 18.1 Å². The lowest BCUT2D eigenvalue weighted by Gasteiger charge is -2.08. The number of hydrogen-bond acceptors (Lipinski definition) is 3. The minimum atomic E-state index is -4.64. The van der Waals surface area contributed by atoms with Crippen molar-refractivity contribution in [2.45, 2.75) is 6.18 Å². The summed E-state index contributed by atoms with van der Waals surface area (Å²) in [6.45, 7) is 0. The van der Waals surface area contributed by atoms with Crippen molar-refractivity contribution in [3.8, 4) is 16.9 Å². The summed E-state index contributed by atoms with van der Waals surface area (Å²) in [5, 5.41) is 14.6. The summed E-state index contributed by atoms with van der Waals surface area (Å²) < 4.78 is 40.3. The van der Waals surface area contributed by atoms with Gasteiger partial charge >= 0.3 is 6.18 Å². The number of non-ortho nitro benzene ring substituents is 1. The largest absolute Gasteiger partial charge is 0.435 e. The normalized spacial score (nSPS) is 11.5. The Balaban J connectivity index is 2.19. The average molecular weight is 368 g/mol. The molecule has 1 aromatic heterocycles. The van der Waals surface area contributed by atoms with Crippen LogP contribution < -0.4 is 0 Å². The van der Waals surface area contributed by atoms with Crippen molar-refractivity contribution >= 4 is 17.3 Å². The number of benzene rings is 2. The third-order valence-corrected chi connectivity index (χ3v) is 3.78. The van der Waals surface area contributed by atoms with Crippen LogP contribution >= 0.6 is 11.6 Å². The Morgan fingerprint density at radius 2 is 1.72 bits per heavy atom. The summed E-state index contributed by atoms with van der Waals surface area (Å²) in [5.41, 5.74) is -0.514. The van der Waals surface area contributed by atoms with Crippen LogP contribution in [0.3, 0.4) is 0 Å². The van der Waals surface area contributed by atoms with Crippen molar-refractivity contribution in [2.75, 3.05) is 0 Å². The molecule has 0 aliphatic carbocycles. The molecule has 1 heterocycles. The first kappa shape index (κ1) is 17.0. The molecule has 9 heteroatoms. The molecule has 0 amide bonds. The number of alkyl halides is 3. The van der Waals surface area contributed by atoms with Crippen molar-refractivity contribution in [3.63, 3.8) is 0 Å². The van der Waals surface area contributed by atoms with Gasteiger partial charge in [0.2, 0.25) is 0 Å². The Morgan fingerprint density at radius 3 is 2.28 bits per heavy atom. The molecule has 0 aliphatic rings. The molecule has 3 rings (SSSR count). The lowest BCUT2D eigenvalue weighted by molar-refractivity contribution is -0.384. The van der Waals surface area contributed by atoms with Gasteiger partial charge in [-0.1, -0.05) is 29.8 Å². The van der Waals surface area contributed by atoms with Crippen molar-refractivity contribution in [2.24, 2.45) is 0 Å². The second kappa shape index (κ2) is 6.21. The molecule has 128 valence electrons. The minimum Gasteiger partial charge on any atom is -0.258 e. The molecule has 0 N–H and O–H groups in total. The van der Waals surface area contributed by atoms with Crippen LogP contribution in [0.15, 0.2) is 54.6 Å². The van der Waals surface area contributed by atoms with Gasteiger partial charge in [0.1, 0.15) is 0 Å². The molecule has 0 fully saturated rings. The summed E-state index contributed by atoms with van der Waals surface area (Å²) in [4.78, 5) is 10.1. The van der Waals surface area contributed by atoms with Crippen LogP contribution in [-0.4, -0.2) is 14.7 Å². The van der Waals surface area contributed by atoms with Gasteiger partial charge < -0.3 is 0 Å². The van der Waals surface area contributed by atoms with E-state index in [9.17, 15) is 23.3 Å². The highest BCUT2D eigenvalue weighted by molar-refractivity contribution is 6.33. The lowest BCUT2D eigenvalue weighted by Crippen LogP contribution is -2.07. The van der Waals surface area contributed by atoms with Gasteiger partial charge in [-0.25, -0.2) is 4.68 Å². The molecule has 0 saturated carbocycles. The summed E-state index contributed by atoms with van der Waals surface area (Å²) in [7, 11) is 0. The Labute approximate surface area is 144 Å². The fourth-order valence-electron chi connectivity index (χ4n) is 2.29. The standard InChI is InChI=1S/C16H9ClF3N3O2/c17-13-4-2-1-3-12(13)14-9-15(16(18,19)20)21-22(14)10-5-7-11(8-6-10)23(24)25/h1-9H. The number of nitro groups is 1. The molecule has 0 spiro atoms. The van der Waals surface area contributed by atoms with E-state index in [-0.39, 0.29) is 22.1 Å². The third-order valence-electron chi connectivity index (χ3n) is 3.45. The fraction of sp³-hybridized carbons (Fsp3) is 0.0625. The first-order chi connectivity index (χ1) is 11.8. The maximum absolute atomic E-state index is 13.1. The predicted octanol–water partition coefficient (Wildman–Crippen LogP) is 5.12. The molecular formula is C16H9ClF3N3O2. The van der Waals surface area contributed by atoms with E-state index < -0.39 is 16.8 Å². The van der Waals surface area contributed by atoms with Crippen LogP contribution in [0.4, 0.5) is 18.9 Å². The van der Waals surface area contributed by atoms with Crippen LogP contribution in [0.1, 0.15) is 5.69 Å². The van der Waals surface area contributed by atoms with Gasteiger partial charge in [0.05, 0.1) is 16.3 Å². The maximum atomic E-state index is 13.1. The van der Waals surface area contributed by atoms with E-state index in [4.69, 9.17) is 11.6 Å². The first-order valence-electron chi connectivity index (χ1n) is 6.94. The number of aromatic nitrogens is 2. The van der Waals surface area contributed by atoms with Crippen LogP contribution in [0, 0.1) is 10.1 Å². The average Bonchev–Trinajstić information content (AvgIpc) is 3.00. The molecular weight excluding hydrogens is 359 g/mol. The van der Waals surface area contributed by atoms with E-state index in [1.54, 1.807) is 24.3 Å². The highest BCUT2D eigenvalue weighted by Crippen LogP contribution is 2.35. The van der Waals surface area contributed by atoms with Crippen LogP contribution in [0.2, 0.25) is 5.02 Å². The van der Waals surface area contributed by atoms with Gasteiger partial charge in [0.15, 0.2) is 5.69 Å². The minimum absolute atomic E-state index is 0.131. The molecule has 0 saturated heterocycles. The molecule has 3 aromatic rings. The van der Waals surface area contributed by atoms with Gasteiger partial charge in [0, 0.05) is 22.7 Å². The summed E-state index contributed by atoms with van der Waals surface area (Å²) in [5.74, 6) is 0. The van der Waals surface area contributed by atoms with E-state index >= 15 is 0 Å². The van der Waals surface area contributed by atoms with Gasteiger partial charge in [-0.05, 0) is 24.3 Å². The zero-order valence-electron chi connectivity index (χ0n) is 12.4. The molecule has 0 unspecified atom stereocenters. The van der Waals surface area contributed by atoms with Crippen LogP contribution in [0.5, 0.6) is 0 Å². The van der Waals surface area contributed by atoms with E-state index in [1.165, 1.54) is 24.3 Å². The lowest BCUT2D eigenvalue weighted by atomic mass is 10.1. The zero-order valence-corrected chi connectivity index (χ0v) is 13.1. The highest BCUT2D eigenvalue weighted by atomic mass is 35.5. The van der Waals surface area contributed by atoms with Gasteiger partial charge in [0.25, 0.3) is 5.69 Å². The Morgan fingerprint density at radius 1 is 1.08 bits per heavy atom. The summed E-state index contributed by atoms with van der Waals surface area (Å²) in [6.07, 6.45) is -4.64. The van der Waals surface area contributed by atoms with Crippen LogP contribution in [0.25, 0.3) is 16.9 Å². The number of nitro benzene ring substituents is 1. The zero-order chi connectivity index (χ0) is 18.2. The van der Waals surface area contributed by atoms with Gasteiger partial charge in [-0.2, -0.15) is 18.3 Å². The predicted molar refractivity (Wildman–Crippen MR) is 85.7 cm³/mol. The molecule has 5 nitrogen and oxygen atoms in total. The van der Waals surface area contributed by atoms with Crippen molar-refractivity contribution in [1.82, 2.24) is 9.78 Å². The number of nitrogens with zero attached hydrogens (tertiary/aromatic N) is 3. The second-order valence-corrected chi connectivity index (χ2v) is 5.48. The molecule has 2 aromatic carbocycles. The maximum Gasteiger partial charge on any atom is 0.435 e. The Hall–Kier alpha value is -2.87. The molecule has 0 aliphatic heterocycles. The smallest absolute Gasteiger partial charge is 0.258 e. The third kappa shape index (κ3) is 3.34. The van der Waals surface area contributed by atoms with E-state index in [0.29, 0.717) is 5.56 Å². The molecule has 0 radical (unpaired) electrons. The molecule has 0 bridgehead atoms. The number of hydrogen-bond donors (Lipinski definition) is 0. The van der Waals surface area contributed by atoms with Crippen molar-refractivity contribution in [1.29, 1.82) is 0 Å². The topological polar surface area (TPSA) is 61.0 Å². The monoisotopic (exact) mass is 367 g/mol. The van der Waals surface area contributed by atoms with E-state index in [2.05, 4.69) is 5.10 Å². The Bertz CT molecular complexity index is 937. The highest BCUT2D eigenvalue weighted by Gasteiger charge is 2.35. The second-order valence-electron chi connectivity index (χ2n) is 5.08. The van der Waals surface area contributed by atoms with Crippen LogP contribution in [-0.2, 0) is 6.18 Å². The van der Waals surface area contributed by atoms with E-state index in [1.807, 2.05) is 0 Å². The SMILES string of the molecule is O=[N+]([O-])c1ccc(-n2nc(C(F)(F)F)cc2-c2ccccc2Cl)cc1. The van der Waals surface area contributed by atoms with Crippen molar-refractivity contribution in [3.05, 3.63) is 75.4 Å². The number of rotatable bonds is 3. The summed E-state index contributed by atoms with van der Waals surface area (Å²) >= 11 is 6.10. The Kier molecular flexibility index (Phi) is 4.22. The molecule has 25 heavy (non-hydrogen) atoms. The summed E-state index contributed by atoms with van der Waals surface area (Å²) in [6, 6.07) is 12.4. The number of halogens is 4. The quantitative estimate of drug-likeness (QED) is 0.477. The van der Waals surface area contributed by atoms with Gasteiger partial charge in [-0.15, -0.1) is 0 Å².